The first kappa shape index (κ1) is 18.1. The van der Waals surface area contributed by atoms with Gasteiger partial charge in [0, 0.05) is 4.28 Å². The summed E-state index contributed by atoms with van der Waals surface area (Å²) in [7, 11) is 0. The Labute approximate surface area is 144 Å². The zero-order valence-electron chi connectivity index (χ0n) is 14.2. The van der Waals surface area contributed by atoms with Crippen molar-refractivity contribution in [3.8, 4) is 0 Å². The third kappa shape index (κ3) is 4.39. The van der Waals surface area contributed by atoms with E-state index in [0.29, 0.717) is 0 Å². The van der Waals surface area contributed by atoms with E-state index in [0.717, 1.165) is 35.5 Å². The minimum Gasteiger partial charge on any atom is -0.103 e. The monoisotopic (exact) mass is 310 g/mol. The maximum atomic E-state index is 3.99. The minimum absolute atomic E-state index is 0. The van der Waals surface area contributed by atoms with Crippen molar-refractivity contribution in [1.82, 2.24) is 0 Å². The molecule has 0 aromatic rings. The van der Waals surface area contributed by atoms with Gasteiger partial charge >= 0.3 is 0 Å². The van der Waals surface area contributed by atoms with Crippen LogP contribution in [0, 0.1) is 35.5 Å². The van der Waals surface area contributed by atoms with Crippen molar-refractivity contribution >= 4 is 0 Å². The van der Waals surface area contributed by atoms with Gasteiger partial charge in [0.2, 0.25) is 0 Å². The summed E-state index contributed by atoms with van der Waals surface area (Å²) in [5.41, 5.74) is 0. The fourth-order valence-corrected chi connectivity index (χ4v) is 5.70. The minimum atomic E-state index is 0. The van der Waals surface area contributed by atoms with Crippen LogP contribution in [-0.2, 0) is 0 Å². The van der Waals surface area contributed by atoms with Gasteiger partial charge in [0.05, 0.1) is 0 Å². The van der Waals surface area contributed by atoms with Crippen LogP contribution in [-0.4, -0.2) is 0 Å². The van der Waals surface area contributed by atoms with Crippen molar-refractivity contribution in [1.29, 1.82) is 0 Å². The molecule has 0 aromatic carbocycles. The molecule has 3 rings (SSSR count). The molecule has 3 fully saturated rings. The van der Waals surface area contributed by atoms with E-state index in [-0.39, 0.29) is 11.7 Å². The standard InChI is InChI=1S/C21H36.CH4.3H2/c1-3-17-6-10-19(11-7-17)21-14-12-20(13-15-21)18-8-4-16(2)5-9-18;;;;/h3,16-21H,1,4-15H2,2H3;1H4;3*1H. The summed E-state index contributed by atoms with van der Waals surface area (Å²) < 4.78 is 0. The molecule has 0 heteroatoms. The maximum absolute atomic E-state index is 3.99. The molecule has 0 aromatic heterocycles. The summed E-state index contributed by atoms with van der Waals surface area (Å²) in [6.45, 7) is 6.44. The Kier molecular flexibility index (Phi) is 7.03. The summed E-state index contributed by atoms with van der Waals surface area (Å²) >= 11 is 0. The van der Waals surface area contributed by atoms with Crippen LogP contribution >= 0.6 is 0 Å². The molecule has 0 amide bonds. The second-order valence-corrected chi connectivity index (χ2v) is 8.61. The van der Waals surface area contributed by atoms with E-state index < -0.39 is 0 Å². The zero-order chi connectivity index (χ0) is 14.7. The van der Waals surface area contributed by atoms with E-state index in [2.05, 4.69) is 19.6 Å². The van der Waals surface area contributed by atoms with Gasteiger partial charge in [0.25, 0.3) is 0 Å². The smallest absolute Gasteiger partial charge is 0 e. The van der Waals surface area contributed by atoms with Crippen molar-refractivity contribution in [2.24, 2.45) is 35.5 Å². The quantitative estimate of drug-likeness (QED) is 0.463. The predicted molar refractivity (Wildman–Crippen MR) is 105 cm³/mol. The number of allylic oxidation sites excluding steroid dienone is 1. The Morgan fingerprint density at radius 1 is 0.636 bits per heavy atom. The first-order valence-electron chi connectivity index (χ1n) is 9.88. The van der Waals surface area contributed by atoms with Gasteiger partial charge in [-0.05, 0) is 99.7 Å². The zero-order valence-corrected chi connectivity index (χ0v) is 14.2. The Morgan fingerprint density at radius 2 is 0.955 bits per heavy atom. The molecule has 0 spiro atoms. The largest absolute Gasteiger partial charge is 0.103 e. The molecule has 3 aliphatic rings. The molecular weight excluding hydrogens is 264 g/mol. The third-order valence-electron chi connectivity index (χ3n) is 7.36. The molecule has 3 aliphatic carbocycles. The highest BCUT2D eigenvalue weighted by Gasteiger charge is 2.33. The van der Waals surface area contributed by atoms with Crippen LogP contribution < -0.4 is 0 Å². The van der Waals surface area contributed by atoms with E-state index in [1.807, 2.05) is 0 Å². The van der Waals surface area contributed by atoms with Gasteiger partial charge in [-0.25, -0.2) is 0 Å². The molecule has 0 unspecified atom stereocenters. The average Bonchev–Trinajstić information content (AvgIpc) is 2.56. The fourth-order valence-electron chi connectivity index (χ4n) is 5.70. The molecule has 0 heterocycles. The van der Waals surface area contributed by atoms with Gasteiger partial charge in [-0.2, -0.15) is 0 Å². The maximum Gasteiger partial charge on any atom is 0 e. The lowest BCUT2D eigenvalue weighted by Crippen LogP contribution is -2.29. The first-order valence-corrected chi connectivity index (χ1v) is 9.88. The summed E-state index contributed by atoms with van der Waals surface area (Å²) in [4.78, 5) is 0. The lowest BCUT2D eigenvalue weighted by molar-refractivity contribution is 0.110. The van der Waals surface area contributed by atoms with Crippen LogP contribution in [0.3, 0.4) is 0 Å². The van der Waals surface area contributed by atoms with Crippen molar-refractivity contribution < 1.29 is 4.28 Å². The number of hydrogen-bond donors (Lipinski definition) is 0. The summed E-state index contributed by atoms with van der Waals surface area (Å²) in [5.74, 6) is 6.18. The lowest BCUT2D eigenvalue weighted by Gasteiger charge is -2.41. The Hall–Kier alpha value is -0.260. The summed E-state index contributed by atoms with van der Waals surface area (Å²) in [6, 6.07) is 0. The highest BCUT2D eigenvalue weighted by atomic mass is 14.4. The predicted octanol–water partition coefficient (Wildman–Crippen LogP) is 7.99. The Balaban J connectivity index is 0. The SMILES string of the molecule is C.C=CC1CCC(C2CCC(C3CCC(C)CC3)CC2)CC1.[HH].[HH].[HH]. The molecular formula is C22H46. The van der Waals surface area contributed by atoms with E-state index >= 15 is 0 Å². The fraction of sp³-hybridized carbons (Fsp3) is 0.909. The van der Waals surface area contributed by atoms with Gasteiger partial charge in [-0.1, -0.05) is 33.3 Å². The molecule has 134 valence electrons. The van der Waals surface area contributed by atoms with Gasteiger partial charge < -0.3 is 0 Å². The van der Waals surface area contributed by atoms with Crippen LogP contribution in [0.4, 0.5) is 0 Å². The van der Waals surface area contributed by atoms with Crippen molar-refractivity contribution in [3.05, 3.63) is 12.7 Å². The molecule has 0 aliphatic heterocycles. The number of rotatable bonds is 3. The van der Waals surface area contributed by atoms with E-state index in [9.17, 15) is 0 Å². The molecule has 0 atom stereocenters. The summed E-state index contributed by atoms with van der Waals surface area (Å²) in [5, 5.41) is 0. The Morgan fingerprint density at radius 3 is 1.32 bits per heavy atom. The third-order valence-corrected chi connectivity index (χ3v) is 7.36. The van der Waals surface area contributed by atoms with E-state index in [4.69, 9.17) is 0 Å². The second kappa shape index (κ2) is 8.55. The van der Waals surface area contributed by atoms with Crippen LogP contribution in [0.2, 0.25) is 0 Å². The lowest BCUT2D eigenvalue weighted by atomic mass is 9.65. The first-order chi connectivity index (χ1) is 10.3. The highest BCUT2D eigenvalue weighted by molar-refractivity contribution is 4.88. The molecule has 3 saturated carbocycles. The average molecular weight is 311 g/mol. The Bertz CT molecular complexity index is 320. The van der Waals surface area contributed by atoms with Crippen LogP contribution in [0.15, 0.2) is 12.7 Å². The molecule has 0 bridgehead atoms. The van der Waals surface area contributed by atoms with Crippen molar-refractivity contribution in [3.63, 3.8) is 0 Å². The highest BCUT2D eigenvalue weighted by Crippen LogP contribution is 2.45. The van der Waals surface area contributed by atoms with E-state index in [1.165, 1.54) is 38.5 Å². The van der Waals surface area contributed by atoms with Crippen LogP contribution in [0.1, 0.15) is 95.7 Å². The molecule has 0 saturated heterocycles. The number of hydrogen-bond acceptors (Lipinski definition) is 0. The molecule has 0 radical (unpaired) electrons. The van der Waals surface area contributed by atoms with Gasteiger partial charge in [0.15, 0.2) is 0 Å². The molecule has 0 nitrogen and oxygen atoms in total. The van der Waals surface area contributed by atoms with Crippen molar-refractivity contribution in [2.75, 3.05) is 0 Å². The van der Waals surface area contributed by atoms with Gasteiger partial charge in [-0.15, -0.1) is 6.58 Å². The van der Waals surface area contributed by atoms with Crippen LogP contribution in [0.25, 0.3) is 0 Å². The van der Waals surface area contributed by atoms with Gasteiger partial charge in [0.1, 0.15) is 0 Å². The second-order valence-electron chi connectivity index (χ2n) is 8.61. The normalized spacial score (nSPS) is 43.1. The van der Waals surface area contributed by atoms with Crippen LogP contribution in [0.5, 0.6) is 0 Å². The topological polar surface area (TPSA) is 0 Å². The molecule has 22 heavy (non-hydrogen) atoms. The van der Waals surface area contributed by atoms with E-state index in [1.54, 1.807) is 38.5 Å². The molecule has 0 N–H and O–H groups in total. The van der Waals surface area contributed by atoms with Crippen molar-refractivity contribution in [2.45, 2.75) is 91.4 Å². The summed E-state index contributed by atoms with van der Waals surface area (Å²) in [6.07, 6.45) is 20.4. The van der Waals surface area contributed by atoms with Gasteiger partial charge in [-0.3, -0.25) is 0 Å².